The van der Waals surface area contributed by atoms with Crippen LogP contribution < -0.4 is 10.5 Å². The van der Waals surface area contributed by atoms with Gasteiger partial charge in [-0.15, -0.1) is 0 Å². The molecule has 0 saturated heterocycles. The van der Waals surface area contributed by atoms with E-state index < -0.39 is 15.8 Å². The van der Waals surface area contributed by atoms with E-state index in [-0.39, 0.29) is 22.9 Å². The first-order valence-electron chi connectivity index (χ1n) is 6.66. The van der Waals surface area contributed by atoms with Crippen LogP contribution in [0.2, 0.25) is 0 Å². The number of hydrogen-bond acceptors (Lipinski definition) is 3. The molecule has 0 atom stereocenters. The van der Waals surface area contributed by atoms with Crippen LogP contribution in [-0.4, -0.2) is 14.3 Å². The van der Waals surface area contributed by atoms with E-state index in [9.17, 15) is 17.6 Å². The number of nitrogens with one attached hydrogen (secondary N) is 1. The molecule has 0 spiro atoms. The number of anilines is 1. The zero-order valence-corrected chi connectivity index (χ0v) is 12.2. The van der Waals surface area contributed by atoms with E-state index in [1.54, 1.807) is 0 Å². The van der Waals surface area contributed by atoms with E-state index in [4.69, 9.17) is 5.14 Å². The summed E-state index contributed by atoms with van der Waals surface area (Å²) in [6.07, 6.45) is 6.34. The second-order valence-corrected chi connectivity index (χ2v) is 6.58. The molecule has 0 aromatic heterocycles. The van der Waals surface area contributed by atoms with E-state index >= 15 is 0 Å². The maximum absolute atomic E-state index is 13.8. The van der Waals surface area contributed by atoms with Gasteiger partial charge in [0.25, 0.3) is 0 Å². The maximum Gasteiger partial charge on any atom is 0.238 e. The molecule has 1 aliphatic carbocycles. The van der Waals surface area contributed by atoms with Crippen molar-refractivity contribution in [3.05, 3.63) is 35.7 Å². The normalized spacial score (nSPS) is 15.4. The van der Waals surface area contributed by atoms with E-state index in [2.05, 4.69) is 5.32 Å². The van der Waals surface area contributed by atoms with Gasteiger partial charge >= 0.3 is 0 Å². The maximum atomic E-state index is 13.8. The summed E-state index contributed by atoms with van der Waals surface area (Å²) in [4.78, 5) is 11.5. The molecule has 1 amide bonds. The van der Waals surface area contributed by atoms with Crippen molar-refractivity contribution in [1.29, 1.82) is 0 Å². The predicted molar refractivity (Wildman–Crippen MR) is 77.6 cm³/mol. The van der Waals surface area contributed by atoms with Crippen LogP contribution in [-0.2, 0) is 14.8 Å². The monoisotopic (exact) mass is 312 g/mol. The molecule has 0 fully saturated rings. The van der Waals surface area contributed by atoms with Gasteiger partial charge in [-0.2, -0.15) is 0 Å². The molecule has 1 aromatic carbocycles. The molecule has 0 bridgehead atoms. The first kappa shape index (κ1) is 15.7. The van der Waals surface area contributed by atoms with Gasteiger partial charge in [-0.05, 0) is 43.9 Å². The van der Waals surface area contributed by atoms with Crippen molar-refractivity contribution in [1.82, 2.24) is 0 Å². The molecule has 5 nitrogen and oxygen atoms in total. The van der Waals surface area contributed by atoms with Crippen LogP contribution >= 0.6 is 0 Å². The van der Waals surface area contributed by atoms with E-state index in [1.165, 1.54) is 6.07 Å². The number of rotatable bonds is 4. The Bertz CT molecular complexity index is 683. The summed E-state index contributed by atoms with van der Waals surface area (Å²) in [5.41, 5.74) is 1.00. The van der Waals surface area contributed by atoms with E-state index in [0.29, 0.717) is 0 Å². The molecule has 3 N–H and O–H groups in total. The molecular formula is C14H17FN2O3S. The first-order chi connectivity index (χ1) is 9.86. The Morgan fingerprint density at radius 3 is 2.67 bits per heavy atom. The number of carbonyl (C=O) groups excluding carboxylic acids is 1. The van der Waals surface area contributed by atoms with Crippen molar-refractivity contribution < 1.29 is 17.6 Å². The fourth-order valence-electron chi connectivity index (χ4n) is 2.24. The molecule has 1 aromatic rings. The summed E-state index contributed by atoms with van der Waals surface area (Å²) < 4.78 is 36.0. The van der Waals surface area contributed by atoms with Crippen molar-refractivity contribution in [3.63, 3.8) is 0 Å². The zero-order chi connectivity index (χ0) is 15.5. The average molecular weight is 312 g/mol. The molecule has 1 aliphatic rings. The van der Waals surface area contributed by atoms with Gasteiger partial charge in [0.15, 0.2) is 0 Å². The second-order valence-electron chi connectivity index (χ2n) is 5.02. The lowest BCUT2D eigenvalue weighted by Crippen LogP contribution is -2.15. The topological polar surface area (TPSA) is 89.3 Å². The lowest BCUT2D eigenvalue weighted by atomic mass is 9.97. The Labute approximate surface area is 123 Å². The van der Waals surface area contributed by atoms with Crippen molar-refractivity contribution in [2.45, 2.75) is 37.0 Å². The minimum absolute atomic E-state index is 0.0520. The van der Waals surface area contributed by atoms with Gasteiger partial charge in [0.1, 0.15) is 5.82 Å². The number of hydrogen-bond donors (Lipinski definition) is 2. The zero-order valence-electron chi connectivity index (χ0n) is 11.4. The van der Waals surface area contributed by atoms with Gasteiger partial charge < -0.3 is 5.32 Å². The summed E-state index contributed by atoms with van der Waals surface area (Å²) in [7, 11) is -3.96. The van der Waals surface area contributed by atoms with Crippen LogP contribution in [0.5, 0.6) is 0 Å². The number of amides is 1. The number of sulfonamides is 1. The van der Waals surface area contributed by atoms with Gasteiger partial charge in [0.05, 0.1) is 10.6 Å². The summed E-state index contributed by atoms with van der Waals surface area (Å²) >= 11 is 0. The number of primary sulfonamides is 1. The number of allylic oxidation sites excluding steroid dienone is 1. The number of nitrogens with two attached hydrogens (primary N) is 1. The van der Waals surface area contributed by atoms with Gasteiger partial charge in [0.2, 0.25) is 15.9 Å². The highest BCUT2D eigenvalue weighted by atomic mass is 32.2. The lowest BCUT2D eigenvalue weighted by molar-refractivity contribution is -0.115. The smallest absolute Gasteiger partial charge is 0.238 e. The van der Waals surface area contributed by atoms with E-state index in [0.717, 1.165) is 43.4 Å². The second kappa shape index (κ2) is 6.36. The Kier molecular flexibility index (Phi) is 4.74. The van der Waals surface area contributed by atoms with Crippen molar-refractivity contribution in [3.8, 4) is 0 Å². The largest absolute Gasteiger partial charge is 0.323 e. The molecule has 2 rings (SSSR count). The number of carbonyl (C=O) groups is 1. The van der Waals surface area contributed by atoms with Crippen LogP contribution in [0.25, 0.3) is 0 Å². The van der Waals surface area contributed by atoms with Crippen LogP contribution in [0.1, 0.15) is 32.1 Å². The summed E-state index contributed by atoms with van der Waals surface area (Å²) in [5.74, 6) is -1.14. The molecule has 7 heteroatoms. The predicted octanol–water partition coefficient (Wildman–Crippen LogP) is 2.30. The van der Waals surface area contributed by atoms with Gasteiger partial charge in [-0.3, -0.25) is 4.79 Å². The van der Waals surface area contributed by atoms with Crippen LogP contribution in [0.3, 0.4) is 0 Å². The fourth-order valence-corrected chi connectivity index (χ4v) is 2.77. The fraction of sp³-hybridized carbons (Fsp3) is 0.357. The highest BCUT2D eigenvalue weighted by Gasteiger charge is 2.14. The Morgan fingerprint density at radius 2 is 2.10 bits per heavy atom. The van der Waals surface area contributed by atoms with Crippen LogP contribution in [0.4, 0.5) is 10.1 Å². The van der Waals surface area contributed by atoms with Gasteiger partial charge in [0, 0.05) is 6.42 Å². The highest BCUT2D eigenvalue weighted by Crippen LogP contribution is 2.22. The highest BCUT2D eigenvalue weighted by molar-refractivity contribution is 7.89. The standard InChI is InChI=1S/C14H17FN2O3S/c15-12-9-11(21(16,19)20)6-7-13(12)17-14(18)8-10-4-2-1-3-5-10/h4,6-7,9H,1-3,5,8H2,(H,17,18)(H2,16,19,20). The SMILES string of the molecule is NS(=O)(=O)c1ccc(NC(=O)CC2=CCCCC2)c(F)c1. The summed E-state index contributed by atoms with van der Waals surface area (Å²) in [5, 5.41) is 7.36. The van der Waals surface area contributed by atoms with Crippen molar-refractivity contribution >= 4 is 21.6 Å². The Balaban J connectivity index is 2.06. The molecule has 114 valence electrons. The molecule has 0 heterocycles. The van der Waals surface area contributed by atoms with Gasteiger partial charge in [-0.1, -0.05) is 11.6 Å². The molecule has 21 heavy (non-hydrogen) atoms. The third-order valence-corrected chi connectivity index (χ3v) is 4.23. The molecule has 0 unspecified atom stereocenters. The summed E-state index contributed by atoms with van der Waals surface area (Å²) in [6.45, 7) is 0. The third kappa shape index (κ3) is 4.37. The van der Waals surface area contributed by atoms with Crippen molar-refractivity contribution in [2.75, 3.05) is 5.32 Å². The van der Waals surface area contributed by atoms with Gasteiger partial charge in [-0.25, -0.2) is 17.9 Å². The molecule has 0 saturated carbocycles. The molecular weight excluding hydrogens is 295 g/mol. The molecule has 0 aliphatic heterocycles. The molecule has 0 radical (unpaired) electrons. The number of benzene rings is 1. The summed E-state index contributed by atoms with van der Waals surface area (Å²) in [6, 6.07) is 3.15. The Morgan fingerprint density at radius 1 is 1.33 bits per heavy atom. The first-order valence-corrected chi connectivity index (χ1v) is 8.21. The van der Waals surface area contributed by atoms with E-state index in [1.807, 2.05) is 6.08 Å². The third-order valence-electron chi connectivity index (χ3n) is 3.32. The average Bonchev–Trinajstić information content (AvgIpc) is 2.41. The lowest BCUT2D eigenvalue weighted by Gasteiger charge is -2.13. The number of halogens is 1. The Hall–Kier alpha value is -1.73. The van der Waals surface area contributed by atoms with Crippen molar-refractivity contribution in [2.24, 2.45) is 5.14 Å². The minimum Gasteiger partial charge on any atom is -0.323 e. The quantitative estimate of drug-likeness (QED) is 0.836. The van der Waals surface area contributed by atoms with Crippen LogP contribution in [0.15, 0.2) is 34.7 Å². The minimum atomic E-state index is -3.96. The van der Waals surface area contributed by atoms with Crippen LogP contribution in [0, 0.1) is 5.82 Å².